The Balaban J connectivity index is 2.04. The Morgan fingerprint density at radius 3 is 2.74 bits per heavy atom. The molecule has 2 N–H and O–H groups in total. The molecule has 19 heavy (non-hydrogen) atoms. The minimum atomic E-state index is -3.54. The number of benzene rings is 1. The summed E-state index contributed by atoms with van der Waals surface area (Å²) in [5, 5.41) is 5.28. The van der Waals surface area contributed by atoms with Gasteiger partial charge in [0.2, 0.25) is 9.84 Å². The Kier molecular flexibility index (Phi) is 2.88. The number of sulfone groups is 1. The molecule has 2 aliphatic rings. The molecule has 6 nitrogen and oxygen atoms in total. The van der Waals surface area contributed by atoms with Crippen LogP contribution in [-0.4, -0.2) is 37.1 Å². The van der Waals surface area contributed by atoms with E-state index >= 15 is 0 Å². The molecule has 0 aliphatic carbocycles. The third-order valence-electron chi connectivity index (χ3n) is 2.98. The van der Waals surface area contributed by atoms with Crippen molar-refractivity contribution >= 4 is 39.0 Å². The Labute approximate surface area is 113 Å². The van der Waals surface area contributed by atoms with Crippen LogP contribution in [0.2, 0.25) is 0 Å². The molecule has 0 aromatic heterocycles. The van der Waals surface area contributed by atoms with Gasteiger partial charge in [-0.25, -0.2) is 8.42 Å². The second-order valence-electron chi connectivity index (χ2n) is 4.19. The van der Waals surface area contributed by atoms with Crippen molar-refractivity contribution in [1.29, 1.82) is 0 Å². The van der Waals surface area contributed by atoms with Gasteiger partial charge < -0.3 is 5.32 Å². The average Bonchev–Trinajstić information content (AvgIpc) is 3.00. The predicted octanol–water partition coefficient (Wildman–Crippen LogP) is 0.215. The molecule has 2 aliphatic heterocycles. The molecule has 1 atom stereocenters. The summed E-state index contributed by atoms with van der Waals surface area (Å²) in [6.45, 7) is 0.637. The van der Waals surface area contributed by atoms with Crippen LogP contribution in [0.5, 0.6) is 0 Å². The smallest absolute Gasteiger partial charge is 0.296 e. The molecule has 0 saturated carbocycles. The number of thioether (sulfide) groups is 1. The first-order valence-corrected chi connectivity index (χ1v) is 8.18. The fourth-order valence-electron chi connectivity index (χ4n) is 2.02. The fraction of sp³-hybridized carbons (Fsp3) is 0.273. The lowest BCUT2D eigenvalue weighted by molar-refractivity contribution is -0.112. The largest absolute Gasteiger partial charge is 0.318 e. The van der Waals surface area contributed by atoms with E-state index in [2.05, 4.69) is 10.6 Å². The van der Waals surface area contributed by atoms with Gasteiger partial charge in [0, 0.05) is 12.3 Å². The summed E-state index contributed by atoms with van der Waals surface area (Å²) in [5.41, 5.74) is 0.482. The van der Waals surface area contributed by atoms with Gasteiger partial charge in [0.25, 0.3) is 11.7 Å². The lowest BCUT2D eigenvalue weighted by Crippen LogP contribution is -2.29. The second kappa shape index (κ2) is 4.32. The van der Waals surface area contributed by atoms with Crippen LogP contribution in [0.1, 0.15) is 10.4 Å². The van der Waals surface area contributed by atoms with Crippen molar-refractivity contribution in [2.24, 2.45) is 0 Å². The number of nitrogens with one attached hydrogen (secondary N) is 2. The quantitative estimate of drug-likeness (QED) is 0.759. The number of hydrogen-bond donors (Lipinski definition) is 2. The molecule has 3 rings (SSSR count). The summed E-state index contributed by atoms with van der Waals surface area (Å²) in [7, 11) is -3.54. The highest BCUT2D eigenvalue weighted by molar-refractivity contribution is 8.13. The van der Waals surface area contributed by atoms with Gasteiger partial charge in [-0.1, -0.05) is 0 Å². The fourth-order valence-corrected chi connectivity index (χ4v) is 5.17. The summed E-state index contributed by atoms with van der Waals surface area (Å²) < 4.78 is 24.0. The topological polar surface area (TPSA) is 92.3 Å². The van der Waals surface area contributed by atoms with Gasteiger partial charge in [-0.15, -0.1) is 11.8 Å². The maximum Gasteiger partial charge on any atom is 0.296 e. The molecule has 1 aromatic carbocycles. The highest BCUT2D eigenvalue weighted by atomic mass is 32.3. The van der Waals surface area contributed by atoms with Gasteiger partial charge in [0.1, 0.15) is 0 Å². The van der Waals surface area contributed by atoms with Gasteiger partial charge in [0.15, 0.2) is 4.71 Å². The van der Waals surface area contributed by atoms with Crippen molar-refractivity contribution in [1.82, 2.24) is 5.32 Å². The first kappa shape index (κ1) is 12.6. The molecule has 1 amide bonds. The van der Waals surface area contributed by atoms with Crippen LogP contribution in [0.15, 0.2) is 23.1 Å². The summed E-state index contributed by atoms with van der Waals surface area (Å²) in [6.07, 6.45) is 0. The molecular weight excluding hydrogens is 288 g/mol. The minimum absolute atomic E-state index is 0.0583. The van der Waals surface area contributed by atoms with E-state index in [-0.39, 0.29) is 10.5 Å². The van der Waals surface area contributed by atoms with Crippen molar-refractivity contribution < 1.29 is 18.0 Å². The van der Waals surface area contributed by atoms with E-state index in [0.29, 0.717) is 12.2 Å². The van der Waals surface area contributed by atoms with Gasteiger partial charge in [0.05, 0.1) is 16.1 Å². The Hall–Kier alpha value is -1.38. The highest BCUT2D eigenvalue weighted by Crippen LogP contribution is 2.30. The zero-order valence-electron chi connectivity index (χ0n) is 9.67. The summed E-state index contributed by atoms with van der Waals surface area (Å²) in [4.78, 5) is 22.8. The van der Waals surface area contributed by atoms with Crippen LogP contribution >= 0.6 is 11.8 Å². The van der Waals surface area contributed by atoms with Crippen LogP contribution in [0.25, 0.3) is 0 Å². The molecule has 1 aromatic rings. The molecule has 0 spiro atoms. The van der Waals surface area contributed by atoms with Crippen LogP contribution in [0.4, 0.5) is 5.69 Å². The van der Waals surface area contributed by atoms with Crippen LogP contribution in [0, 0.1) is 0 Å². The number of amides is 1. The zero-order valence-corrected chi connectivity index (χ0v) is 11.3. The number of anilines is 1. The Morgan fingerprint density at radius 2 is 2.05 bits per heavy atom. The Bertz CT molecular complexity index is 678. The summed E-state index contributed by atoms with van der Waals surface area (Å²) >= 11 is 1.31. The highest BCUT2D eigenvalue weighted by Gasteiger charge is 2.34. The maximum absolute atomic E-state index is 12.3. The average molecular weight is 298 g/mol. The molecule has 1 unspecified atom stereocenters. The molecular formula is C11H10N2O4S2. The van der Waals surface area contributed by atoms with Crippen molar-refractivity contribution in [3.8, 4) is 0 Å². The molecule has 100 valence electrons. The first-order valence-electron chi connectivity index (χ1n) is 5.59. The number of rotatable bonds is 2. The lowest BCUT2D eigenvalue weighted by Gasteiger charge is -2.11. The lowest BCUT2D eigenvalue weighted by atomic mass is 10.1. The number of carbonyl (C=O) groups excluding carboxylic acids is 2. The summed E-state index contributed by atoms with van der Waals surface area (Å²) in [5.74, 6) is -0.689. The molecule has 0 bridgehead atoms. The zero-order chi connectivity index (χ0) is 13.6. The van der Waals surface area contributed by atoms with Gasteiger partial charge in [-0.3, -0.25) is 14.9 Å². The maximum atomic E-state index is 12.3. The number of fused-ring (bicyclic) bond motifs is 1. The van der Waals surface area contributed by atoms with Crippen molar-refractivity contribution in [2.45, 2.75) is 9.60 Å². The van der Waals surface area contributed by atoms with Gasteiger partial charge in [-0.2, -0.15) is 0 Å². The standard InChI is InChI=1S/C11H10N2O4S2/c14-9-7-5-6(1-2-8(7)13-10(9)15)19(16,17)11-12-3-4-18-11/h1-2,5,11-12H,3-4H2,(H,13,14,15). The van der Waals surface area contributed by atoms with E-state index in [4.69, 9.17) is 0 Å². The Morgan fingerprint density at radius 1 is 1.26 bits per heavy atom. The van der Waals surface area contributed by atoms with Crippen LogP contribution in [0.3, 0.4) is 0 Å². The van der Waals surface area contributed by atoms with Crippen LogP contribution < -0.4 is 10.6 Å². The predicted molar refractivity (Wildman–Crippen MR) is 70.8 cm³/mol. The van der Waals surface area contributed by atoms with Crippen LogP contribution in [-0.2, 0) is 14.6 Å². The minimum Gasteiger partial charge on any atom is -0.318 e. The molecule has 8 heteroatoms. The monoisotopic (exact) mass is 298 g/mol. The second-order valence-corrected chi connectivity index (χ2v) is 7.74. The van der Waals surface area contributed by atoms with Crippen molar-refractivity contribution in [2.75, 3.05) is 17.6 Å². The molecule has 2 heterocycles. The summed E-state index contributed by atoms with van der Waals surface area (Å²) in [6, 6.07) is 4.13. The van der Waals surface area contributed by atoms with E-state index < -0.39 is 26.2 Å². The SMILES string of the molecule is O=C1Nc2ccc(S(=O)(=O)C3NCCS3)cc2C1=O. The van der Waals surface area contributed by atoms with Gasteiger partial charge in [-0.05, 0) is 18.2 Å². The van der Waals surface area contributed by atoms with E-state index in [1.54, 1.807) is 0 Å². The van der Waals surface area contributed by atoms with Gasteiger partial charge >= 0.3 is 0 Å². The number of hydrogen-bond acceptors (Lipinski definition) is 6. The molecule has 1 fully saturated rings. The third kappa shape index (κ3) is 1.96. The molecule has 1 saturated heterocycles. The molecule has 0 radical (unpaired) electrons. The number of ketones is 1. The van der Waals surface area contributed by atoms with Crippen molar-refractivity contribution in [3.05, 3.63) is 23.8 Å². The first-order chi connectivity index (χ1) is 9.00. The van der Waals surface area contributed by atoms with E-state index in [9.17, 15) is 18.0 Å². The third-order valence-corrected chi connectivity index (χ3v) is 6.70. The number of Topliss-reactive ketones (excluding diaryl/α,β-unsaturated/α-hetero) is 1. The van der Waals surface area contributed by atoms with E-state index in [1.165, 1.54) is 30.0 Å². The number of carbonyl (C=O) groups is 2. The van der Waals surface area contributed by atoms with E-state index in [1.807, 2.05) is 0 Å². The van der Waals surface area contributed by atoms with E-state index in [0.717, 1.165) is 5.75 Å². The van der Waals surface area contributed by atoms with Crippen molar-refractivity contribution in [3.63, 3.8) is 0 Å². The normalized spacial score (nSPS) is 22.4.